The molecule has 0 spiro atoms. The fourth-order valence-corrected chi connectivity index (χ4v) is 3.54. The maximum Gasteiger partial charge on any atom is 0.251 e. The van der Waals surface area contributed by atoms with Gasteiger partial charge >= 0.3 is 0 Å². The van der Waals surface area contributed by atoms with Crippen molar-refractivity contribution >= 4 is 5.91 Å². The number of likely N-dealkylation sites (N-methyl/N-ethyl adjacent to an activating group) is 1. The Morgan fingerprint density at radius 3 is 2.23 bits per heavy atom. The molecule has 4 nitrogen and oxygen atoms in total. The van der Waals surface area contributed by atoms with Crippen molar-refractivity contribution in [3.63, 3.8) is 0 Å². The van der Waals surface area contributed by atoms with Crippen LogP contribution in [0.5, 0.6) is 0 Å². The number of hydrogen-bond acceptors (Lipinski definition) is 3. The Bertz CT molecular complexity index is 712. The highest BCUT2D eigenvalue weighted by molar-refractivity contribution is 5.94. The Labute approximate surface area is 154 Å². The number of rotatable bonds is 5. The van der Waals surface area contributed by atoms with Crippen molar-refractivity contribution in [3.05, 3.63) is 71.5 Å². The molecule has 26 heavy (non-hydrogen) atoms. The van der Waals surface area contributed by atoms with E-state index in [2.05, 4.69) is 34.3 Å². The smallest absolute Gasteiger partial charge is 0.251 e. The van der Waals surface area contributed by atoms with Crippen LogP contribution in [0.4, 0.5) is 4.39 Å². The number of piperazine rings is 1. The van der Waals surface area contributed by atoms with Gasteiger partial charge in [0.1, 0.15) is 5.82 Å². The van der Waals surface area contributed by atoms with E-state index in [4.69, 9.17) is 0 Å². The second-order valence-corrected chi connectivity index (χ2v) is 6.96. The molecule has 0 saturated carbocycles. The van der Waals surface area contributed by atoms with Crippen molar-refractivity contribution in [2.75, 3.05) is 33.2 Å². The molecule has 0 radical (unpaired) electrons. The third-order valence-corrected chi connectivity index (χ3v) is 5.01. The van der Waals surface area contributed by atoms with E-state index in [1.165, 1.54) is 29.8 Å². The highest BCUT2D eigenvalue weighted by atomic mass is 19.1. The lowest BCUT2D eigenvalue weighted by molar-refractivity contribution is 0.0791. The van der Waals surface area contributed by atoms with Crippen molar-refractivity contribution < 1.29 is 9.18 Å². The van der Waals surface area contributed by atoms with Gasteiger partial charge in [0.15, 0.2) is 0 Å². The molecule has 1 amide bonds. The van der Waals surface area contributed by atoms with Gasteiger partial charge < -0.3 is 10.2 Å². The van der Waals surface area contributed by atoms with Crippen LogP contribution in [-0.4, -0.2) is 55.0 Å². The number of carbonyl (C=O) groups excluding carboxylic acids is 1. The summed E-state index contributed by atoms with van der Waals surface area (Å²) in [6, 6.07) is 16.0. The Balaban J connectivity index is 1.77. The first-order valence-corrected chi connectivity index (χ1v) is 9.08. The number of hydrogen-bond donors (Lipinski definition) is 1. The van der Waals surface area contributed by atoms with Crippen molar-refractivity contribution in [2.45, 2.75) is 19.0 Å². The standard InChI is InChI=1S/C21H26FN3O/c1-16(23-21(26)18-8-10-19(22)11-9-18)20(17-6-4-3-5-7-17)25-14-12-24(2)13-15-25/h3-11,16,20H,12-15H2,1-2H3,(H,23,26)/t16-,20+/m0/s1. The van der Waals surface area contributed by atoms with Gasteiger partial charge in [-0.15, -0.1) is 0 Å². The molecule has 1 fully saturated rings. The van der Waals surface area contributed by atoms with Crippen LogP contribution in [0.1, 0.15) is 28.9 Å². The van der Waals surface area contributed by atoms with Crippen LogP contribution in [0.3, 0.4) is 0 Å². The summed E-state index contributed by atoms with van der Waals surface area (Å²) >= 11 is 0. The number of amides is 1. The molecule has 0 aliphatic carbocycles. The molecule has 1 aliphatic rings. The lowest BCUT2D eigenvalue weighted by atomic mass is 9.97. The molecule has 1 aliphatic heterocycles. The zero-order valence-electron chi connectivity index (χ0n) is 15.4. The summed E-state index contributed by atoms with van der Waals surface area (Å²) in [6.07, 6.45) is 0. The summed E-state index contributed by atoms with van der Waals surface area (Å²) in [6.45, 7) is 6.00. The van der Waals surface area contributed by atoms with E-state index in [1.807, 2.05) is 25.1 Å². The molecule has 2 aromatic rings. The van der Waals surface area contributed by atoms with Crippen molar-refractivity contribution in [1.82, 2.24) is 15.1 Å². The van der Waals surface area contributed by atoms with Crippen LogP contribution in [0.15, 0.2) is 54.6 Å². The minimum atomic E-state index is -0.339. The first-order valence-electron chi connectivity index (χ1n) is 9.08. The lowest BCUT2D eigenvalue weighted by Crippen LogP contribution is -2.51. The van der Waals surface area contributed by atoms with Crippen LogP contribution in [0, 0.1) is 5.82 Å². The molecule has 5 heteroatoms. The third kappa shape index (κ3) is 4.48. The molecule has 0 unspecified atom stereocenters. The molecule has 0 bridgehead atoms. The first-order chi connectivity index (χ1) is 12.5. The van der Waals surface area contributed by atoms with E-state index in [1.54, 1.807) is 0 Å². The van der Waals surface area contributed by atoms with Gasteiger partial charge in [0.05, 0.1) is 6.04 Å². The maximum atomic E-state index is 13.1. The molecule has 1 N–H and O–H groups in total. The SMILES string of the molecule is C[C@H](NC(=O)c1ccc(F)cc1)[C@H](c1ccccc1)N1CCN(C)CC1. The molecule has 1 heterocycles. The van der Waals surface area contributed by atoms with Gasteiger partial charge in [0.25, 0.3) is 5.91 Å². The normalized spacial score (nSPS) is 18.3. The zero-order chi connectivity index (χ0) is 18.5. The number of nitrogens with zero attached hydrogens (tertiary/aromatic N) is 2. The quantitative estimate of drug-likeness (QED) is 0.896. The van der Waals surface area contributed by atoms with Crippen LogP contribution in [0.2, 0.25) is 0 Å². The second kappa shape index (κ2) is 8.43. The van der Waals surface area contributed by atoms with E-state index in [0.717, 1.165) is 26.2 Å². The van der Waals surface area contributed by atoms with Gasteiger partial charge in [-0.1, -0.05) is 30.3 Å². The van der Waals surface area contributed by atoms with Crippen LogP contribution >= 0.6 is 0 Å². The molecule has 2 atom stereocenters. The fourth-order valence-electron chi connectivity index (χ4n) is 3.54. The summed E-state index contributed by atoms with van der Waals surface area (Å²) in [5.74, 6) is -0.512. The van der Waals surface area contributed by atoms with Crippen LogP contribution in [-0.2, 0) is 0 Å². The Morgan fingerprint density at radius 1 is 1.00 bits per heavy atom. The van der Waals surface area contributed by atoms with E-state index < -0.39 is 0 Å². The number of benzene rings is 2. The Hall–Kier alpha value is -2.24. The minimum Gasteiger partial charge on any atom is -0.348 e. The fraction of sp³-hybridized carbons (Fsp3) is 0.381. The van der Waals surface area contributed by atoms with Crippen molar-refractivity contribution in [3.8, 4) is 0 Å². The average Bonchev–Trinajstić information content (AvgIpc) is 2.65. The molecule has 0 aromatic heterocycles. The van der Waals surface area contributed by atoms with E-state index in [0.29, 0.717) is 5.56 Å². The molecular weight excluding hydrogens is 329 g/mol. The van der Waals surface area contributed by atoms with Crippen LogP contribution in [0.25, 0.3) is 0 Å². The lowest BCUT2D eigenvalue weighted by Gasteiger charge is -2.41. The van der Waals surface area contributed by atoms with Crippen molar-refractivity contribution in [1.29, 1.82) is 0 Å². The monoisotopic (exact) mass is 355 g/mol. The predicted octanol–water partition coefficient (Wildman–Crippen LogP) is 2.93. The zero-order valence-corrected chi connectivity index (χ0v) is 15.4. The summed E-state index contributed by atoms with van der Waals surface area (Å²) < 4.78 is 13.1. The average molecular weight is 355 g/mol. The summed E-state index contributed by atoms with van der Waals surface area (Å²) in [4.78, 5) is 17.3. The van der Waals surface area contributed by atoms with Gasteiger partial charge in [-0.3, -0.25) is 9.69 Å². The predicted molar refractivity (Wildman–Crippen MR) is 102 cm³/mol. The van der Waals surface area contributed by atoms with Gasteiger partial charge in [0, 0.05) is 37.8 Å². The van der Waals surface area contributed by atoms with Gasteiger partial charge in [-0.05, 0) is 43.8 Å². The van der Waals surface area contributed by atoms with Crippen molar-refractivity contribution in [2.24, 2.45) is 0 Å². The summed E-state index contributed by atoms with van der Waals surface area (Å²) in [5, 5.41) is 3.11. The topological polar surface area (TPSA) is 35.6 Å². The van der Waals surface area contributed by atoms with Gasteiger partial charge in [-0.25, -0.2) is 4.39 Å². The first kappa shape index (κ1) is 18.5. The van der Waals surface area contributed by atoms with E-state index >= 15 is 0 Å². The van der Waals surface area contributed by atoms with Gasteiger partial charge in [-0.2, -0.15) is 0 Å². The minimum absolute atomic E-state index is 0.0710. The number of carbonyl (C=O) groups is 1. The molecule has 3 rings (SSSR count). The highest BCUT2D eigenvalue weighted by Gasteiger charge is 2.29. The summed E-state index contributed by atoms with van der Waals surface area (Å²) in [5.41, 5.74) is 1.67. The third-order valence-electron chi connectivity index (χ3n) is 5.01. The Morgan fingerprint density at radius 2 is 1.62 bits per heavy atom. The highest BCUT2D eigenvalue weighted by Crippen LogP contribution is 2.25. The Kier molecular flexibility index (Phi) is 6.01. The molecule has 2 aromatic carbocycles. The molecular formula is C21H26FN3O. The maximum absolute atomic E-state index is 13.1. The number of halogens is 1. The van der Waals surface area contributed by atoms with E-state index in [-0.39, 0.29) is 23.8 Å². The van der Waals surface area contributed by atoms with Crippen LogP contribution < -0.4 is 5.32 Å². The summed E-state index contributed by atoms with van der Waals surface area (Å²) in [7, 11) is 2.13. The second-order valence-electron chi connectivity index (χ2n) is 6.96. The molecule has 1 saturated heterocycles. The van der Waals surface area contributed by atoms with Gasteiger partial charge in [0.2, 0.25) is 0 Å². The number of nitrogens with one attached hydrogen (secondary N) is 1. The molecule has 138 valence electrons. The van der Waals surface area contributed by atoms with E-state index in [9.17, 15) is 9.18 Å². The largest absolute Gasteiger partial charge is 0.348 e.